The number of aromatic nitrogens is 4. The molecule has 3 atom stereocenters. The van der Waals surface area contributed by atoms with Crippen LogP contribution >= 0.6 is 0 Å². The zero-order chi connectivity index (χ0) is 15.9. The van der Waals surface area contributed by atoms with E-state index in [-0.39, 0.29) is 36.0 Å². The van der Waals surface area contributed by atoms with E-state index in [1.54, 1.807) is 6.92 Å². The molecule has 1 saturated heterocycles. The molecule has 3 rings (SSSR count). The number of fused-ring (bicyclic) bond motifs is 1. The number of aliphatic hydroxyl groups is 2. The number of hydrogen-bond acceptors (Lipinski definition) is 7. The number of aromatic amines is 1. The van der Waals surface area contributed by atoms with Crippen molar-refractivity contribution in [2.45, 2.75) is 31.8 Å². The predicted octanol–water partition coefficient (Wildman–Crippen LogP) is -1.29. The van der Waals surface area contributed by atoms with E-state index in [0.29, 0.717) is 0 Å². The Hall–Kier alpha value is -2.41. The predicted molar refractivity (Wildman–Crippen MR) is 76.7 cm³/mol. The monoisotopic (exact) mass is 305 g/mol. The molecule has 9 heteroatoms. The summed E-state index contributed by atoms with van der Waals surface area (Å²) in [4.78, 5) is 22.6. The van der Waals surface area contributed by atoms with Gasteiger partial charge >= 0.3 is 0 Å². The second kappa shape index (κ2) is 5.42. The van der Waals surface area contributed by atoms with E-state index in [2.05, 4.69) is 26.8 Å². The first-order valence-electron chi connectivity index (χ1n) is 6.70. The number of nitrogens with two attached hydrogens (primary N) is 1. The molecule has 0 aromatic carbocycles. The standard InChI is InChI=1S/C13H15N5O4/c1-2-3-8-15-10-11(16-13(14)17-12(10)21)18(8)9-4-6(20)7(5-19)22-9/h6-7,9,19-20H,4-5H2,1H3,(H3,14,16,17,21)/t6-,7+,9+/m0/s1. The molecule has 9 nitrogen and oxygen atoms in total. The van der Waals surface area contributed by atoms with Gasteiger partial charge in [-0.1, -0.05) is 5.92 Å². The Labute approximate surface area is 124 Å². The van der Waals surface area contributed by atoms with Gasteiger partial charge in [-0.3, -0.25) is 14.3 Å². The summed E-state index contributed by atoms with van der Waals surface area (Å²) in [7, 11) is 0. The molecule has 0 spiro atoms. The van der Waals surface area contributed by atoms with Gasteiger partial charge in [0.2, 0.25) is 5.95 Å². The van der Waals surface area contributed by atoms with Crippen molar-refractivity contribution in [1.82, 2.24) is 19.5 Å². The number of imidazole rings is 1. The summed E-state index contributed by atoms with van der Waals surface area (Å²) < 4.78 is 7.13. The minimum absolute atomic E-state index is 0.0492. The van der Waals surface area contributed by atoms with Crippen molar-refractivity contribution < 1.29 is 14.9 Å². The number of H-pyrrole nitrogens is 1. The molecule has 2 aromatic rings. The fraction of sp³-hybridized carbons (Fsp3) is 0.462. The van der Waals surface area contributed by atoms with Gasteiger partial charge in [0.25, 0.3) is 5.56 Å². The van der Waals surface area contributed by atoms with E-state index >= 15 is 0 Å². The average Bonchev–Trinajstić information content (AvgIpc) is 2.99. The van der Waals surface area contributed by atoms with E-state index in [0.717, 1.165) is 0 Å². The van der Waals surface area contributed by atoms with Crippen LogP contribution < -0.4 is 11.3 Å². The highest BCUT2D eigenvalue weighted by Crippen LogP contribution is 2.31. The maximum absolute atomic E-state index is 11.9. The summed E-state index contributed by atoms with van der Waals surface area (Å²) in [5.41, 5.74) is 5.43. The third-order valence-corrected chi connectivity index (χ3v) is 3.48. The maximum Gasteiger partial charge on any atom is 0.280 e. The number of nitrogen functional groups attached to an aromatic ring is 1. The Morgan fingerprint density at radius 2 is 2.32 bits per heavy atom. The average molecular weight is 305 g/mol. The minimum Gasteiger partial charge on any atom is -0.394 e. The lowest BCUT2D eigenvalue weighted by Gasteiger charge is -2.14. The molecule has 0 saturated carbocycles. The SMILES string of the molecule is CC#Cc1nc2c(=O)[nH]c(N)nc2n1[C@H]1C[C@H](O)[C@@H](CO)O1. The Morgan fingerprint density at radius 3 is 2.95 bits per heavy atom. The van der Waals surface area contributed by atoms with Crippen LogP contribution in [0.4, 0.5) is 5.95 Å². The normalized spacial score (nSPS) is 24.4. The summed E-state index contributed by atoms with van der Waals surface area (Å²) >= 11 is 0. The molecule has 5 N–H and O–H groups in total. The number of rotatable bonds is 2. The molecular formula is C13H15N5O4. The van der Waals surface area contributed by atoms with Gasteiger partial charge in [-0.25, -0.2) is 4.98 Å². The molecule has 1 fully saturated rings. The lowest BCUT2D eigenvalue weighted by Crippen LogP contribution is -2.24. The smallest absolute Gasteiger partial charge is 0.280 e. The Bertz CT molecular complexity index is 831. The number of aliphatic hydroxyl groups excluding tert-OH is 2. The highest BCUT2D eigenvalue weighted by Gasteiger charge is 2.36. The fourth-order valence-electron chi connectivity index (χ4n) is 2.51. The molecule has 3 heterocycles. The van der Waals surface area contributed by atoms with Gasteiger partial charge in [0.15, 0.2) is 17.0 Å². The van der Waals surface area contributed by atoms with Crippen LogP contribution in [0, 0.1) is 11.8 Å². The second-order valence-electron chi connectivity index (χ2n) is 4.92. The largest absolute Gasteiger partial charge is 0.394 e. The van der Waals surface area contributed by atoms with Crippen molar-refractivity contribution in [2.24, 2.45) is 0 Å². The molecule has 22 heavy (non-hydrogen) atoms. The zero-order valence-electron chi connectivity index (χ0n) is 11.8. The van der Waals surface area contributed by atoms with Crippen molar-refractivity contribution in [3.63, 3.8) is 0 Å². The molecule has 0 bridgehead atoms. The van der Waals surface area contributed by atoms with Crippen molar-refractivity contribution in [1.29, 1.82) is 0 Å². The van der Waals surface area contributed by atoms with Crippen molar-refractivity contribution in [3.05, 3.63) is 16.2 Å². The van der Waals surface area contributed by atoms with Crippen LogP contribution in [0.15, 0.2) is 4.79 Å². The molecular weight excluding hydrogens is 290 g/mol. The van der Waals surface area contributed by atoms with E-state index in [4.69, 9.17) is 10.5 Å². The van der Waals surface area contributed by atoms with Crippen molar-refractivity contribution >= 4 is 17.1 Å². The molecule has 2 aromatic heterocycles. The summed E-state index contributed by atoms with van der Waals surface area (Å²) in [6, 6.07) is 0. The highest BCUT2D eigenvalue weighted by atomic mass is 16.5. The fourth-order valence-corrected chi connectivity index (χ4v) is 2.51. The molecule has 1 aliphatic rings. The van der Waals surface area contributed by atoms with E-state index in [1.165, 1.54) is 4.57 Å². The van der Waals surface area contributed by atoms with Crippen LogP contribution in [-0.2, 0) is 4.74 Å². The molecule has 0 unspecified atom stereocenters. The molecule has 0 radical (unpaired) electrons. The highest BCUT2D eigenvalue weighted by molar-refractivity contribution is 5.72. The third kappa shape index (κ3) is 2.23. The zero-order valence-corrected chi connectivity index (χ0v) is 11.8. The first-order chi connectivity index (χ1) is 10.5. The molecule has 116 valence electrons. The third-order valence-electron chi connectivity index (χ3n) is 3.48. The van der Waals surface area contributed by atoms with Crippen molar-refractivity contribution in [2.75, 3.05) is 12.3 Å². The van der Waals surface area contributed by atoms with Crippen LogP contribution in [-0.4, -0.2) is 48.5 Å². The van der Waals surface area contributed by atoms with Gasteiger partial charge < -0.3 is 20.7 Å². The van der Waals surface area contributed by atoms with E-state index < -0.39 is 24.0 Å². The number of anilines is 1. The first-order valence-corrected chi connectivity index (χ1v) is 6.70. The minimum atomic E-state index is -0.825. The number of nitrogens with one attached hydrogen (secondary N) is 1. The number of hydrogen-bond donors (Lipinski definition) is 4. The molecule has 0 aliphatic carbocycles. The summed E-state index contributed by atoms with van der Waals surface area (Å²) in [6.07, 6.45) is -1.94. The van der Waals surface area contributed by atoms with Gasteiger partial charge in [0.1, 0.15) is 12.3 Å². The lowest BCUT2D eigenvalue weighted by atomic mass is 10.2. The number of nitrogens with zero attached hydrogens (tertiary/aromatic N) is 3. The summed E-state index contributed by atoms with van der Waals surface area (Å²) in [5, 5.41) is 19.1. The maximum atomic E-state index is 11.9. The quantitative estimate of drug-likeness (QED) is 0.506. The Balaban J connectivity index is 2.20. The van der Waals surface area contributed by atoms with Gasteiger partial charge in [-0.2, -0.15) is 4.98 Å². The molecule has 0 amide bonds. The summed E-state index contributed by atoms with van der Waals surface area (Å²) in [5.74, 6) is 5.73. The van der Waals surface area contributed by atoms with Gasteiger partial charge in [0.05, 0.1) is 12.7 Å². The number of ether oxygens (including phenoxy) is 1. The molecule has 1 aliphatic heterocycles. The topological polar surface area (TPSA) is 139 Å². The van der Waals surface area contributed by atoms with Crippen LogP contribution in [0.25, 0.3) is 11.2 Å². The van der Waals surface area contributed by atoms with Crippen LogP contribution in [0.2, 0.25) is 0 Å². The van der Waals surface area contributed by atoms with Crippen LogP contribution in [0.3, 0.4) is 0 Å². The van der Waals surface area contributed by atoms with E-state index in [1.807, 2.05) is 0 Å². The van der Waals surface area contributed by atoms with Crippen LogP contribution in [0.5, 0.6) is 0 Å². The van der Waals surface area contributed by atoms with Crippen LogP contribution in [0.1, 0.15) is 25.4 Å². The summed E-state index contributed by atoms with van der Waals surface area (Å²) in [6.45, 7) is 1.33. The van der Waals surface area contributed by atoms with Gasteiger partial charge in [-0.15, -0.1) is 0 Å². The van der Waals surface area contributed by atoms with E-state index in [9.17, 15) is 15.0 Å². The Morgan fingerprint density at radius 1 is 1.55 bits per heavy atom. The van der Waals surface area contributed by atoms with Gasteiger partial charge in [0, 0.05) is 6.42 Å². The first kappa shape index (κ1) is 14.5. The van der Waals surface area contributed by atoms with Gasteiger partial charge in [-0.05, 0) is 12.8 Å². The Kier molecular flexibility index (Phi) is 3.58. The van der Waals surface area contributed by atoms with Crippen molar-refractivity contribution in [3.8, 4) is 11.8 Å². The lowest BCUT2D eigenvalue weighted by molar-refractivity contribution is -0.0434. The second-order valence-corrected chi connectivity index (χ2v) is 4.92.